The minimum Gasteiger partial charge on any atom is -0.355 e. The summed E-state index contributed by atoms with van der Waals surface area (Å²) in [6.45, 7) is 9.26. The molecule has 2 aliphatic rings. The molecule has 0 fully saturated rings. The highest BCUT2D eigenvalue weighted by atomic mass is 127. The summed E-state index contributed by atoms with van der Waals surface area (Å²) >= 11 is 4.85. The summed E-state index contributed by atoms with van der Waals surface area (Å²) in [5.41, 5.74) is 16.2. The highest BCUT2D eigenvalue weighted by Crippen LogP contribution is 2.41. The van der Waals surface area contributed by atoms with Crippen LogP contribution in [-0.2, 0) is 0 Å². The summed E-state index contributed by atoms with van der Waals surface area (Å²) < 4.78 is 2.46. The van der Waals surface area contributed by atoms with Gasteiger partial charge in [0.2, 0.25) is 0 Å². The van der Waals surface area contributed by atoms with E-state index in [4.69, 9.17) is 9.97 Å². The Hall–Kier alpha value is -3.50. The van der Waals surface area contributed by atoms with E-state index in [1.807, 2.05) is 0 Å². The van der Waals surface area contributed by atoms with Gasteiger partial charge in [-0.05, 0) is 167 Å². The van der Waals surface area contributed by atoms with Crippen LogP contribution in [-0.4, -0.2) is 19.9 Å². The Bertz CT molecular complexity index is 2320. The van der Waals surface area contributed by atoms with Gasteiger partial charge in [0.1, 0.15) is 0 Å². The van der Waals surface area contributed by atoms with Crippen molar-refractivity contribution in [2.75, 3.05) is 0 Å². The number of fused-ring (bicyclic) bond motifs is 8. The fraction of sp³-hybridized carbons (Fsp3) is 0.448. The van der Waals surface area contributed by atoms with Crippen molar-refractivity contribution < 1.29 is 0 Å². The third-order valence-electron chi connectivity index (χ3n) is 13.5. The molecule has 338 valence electrons. The van der Waals surface area contributed by atoms with Crippen LogP contribution in [0.1, 0.15) is 202 Å². The van der Waals surface area contributed by atoms with E-state index in [0.717, 1.165) is 57.8 Å². The zero-order valence-electron chi connectivity index (χ0n) is 39.2. The molecule has 0 amide bonds. The van der Waals surface area contributed by atoms with E-state index >= 15 is 0 Å². The topological polar surface area (TPSA) is 57.4 Å². The van der Waals surface area contributed by atoms with Gasteiger partial charge in [0.05, 0.1) is 22.8 Å². The lowest BCUT2D eigenvalue weighted by Crippen LogP contribution is -2.05. The smallest absolute Gasteiger partial charge is 0.0737 e. The maximum absolute atomic E-state index is 5.69. The van der Waals surface area contributed by atoms with Gasteiger partial charge in [-0.1, -0.05) is 155 Å². The number of aromatic amines is 2. The number of hydrogen-bond donors (Lipinski definition) is 2. The number of hydrogen-bond acceptors (Lipinski definition) is 2. The van der Waals surface area contributed by atoms with Gasteiger partial charge >= 0.3 is 0 Å². The predicted molar refractivity (Wildman–Crippen MR) is 296 cm³/mol. The maximum atomic E-state index is 5.69. The van der Waals surface area contributed by atoms with Crippen molar-refractivity contribution in [1.82, 2.24) is 19.9 Å². The quantitative estimate of drug-likeness (QED) is 0.0468. The van der Waals surface area contributed by atoms with E-state index in [-0.39, 0.29) is 0 Å². The second kappa shape index (κ2) is 24.9. The van der Waals surface area contributed by atoms with E-state index < -0.39 is 0 Å². The van der Waals surface area contributed by atoms with E-state index in [9.17, 15) is 0 Å². The van der Waals surface area contributed by atoms with Crippen LogP contribution in [0.4, 0.5) is 0 Å². The molecule has 4 nitrogen and oxygen atoms in total. The first-order valence-corrected chi connectivity index (χ1v) is 27.3. The molecular weight excluding hydrogens is 1010 g/mol. The molecule has 7 rings (SSSR count). The van der Waals surface area contributed by atoms with Crippen LogP contribution < -0.4 is 0 Å². The van der Waals surface area contributed by atoms with Crippen molar-refractivity contribution in [2.45, 2.75) is 168 Å². The van der Waals surface area contributed by atoms with Gasteiger partial charge in [0, 0.05) is 51.5 Å². The fourth-order valence-corrected chi connectivity index (χ4v) is 10.8. The Labute approximate surface area is 412 Å². The lowest BCUT2D eigenvalue weighted by molar-refractivity contribution is 0.494. The SMILES string of the molecule is CCCCCCC(CCCCCC)c1c2nc(c(-c3ccc(I)cc3)c3ccc([nH]3)c(C(CCCCCC)CCCCCC)c3ccc([nH]3)c(-c3ccc(I)cc3)c3nc1C=C3)C=C2. The summed E-state index contributed by atoms with van der Waals surface area (Å²) in [6, 6.07) is 27.4. The first-order chi connectivity index (χ1) is 31.4. The summed E-state index contributed by atoms with van der Waals surface area (Å²) in [4.78, 5) is 19.6. The highest BCUT2D eigenvalue weighted by molar-refractivity contribution is 14.1. The molecule has 2 aromatic carbocycles. The Balaban J connectivity index is 1.56. The summed E-state index contributed by atoms with van der Waals surface area (Å²) in [5.74, 6) is 0.796. The number of nitrogens with zero attached hydrogens (tertiary/aromatic N) is 2. The van der Waals surface area contributed by atoms with Crippen molar-refractivity contribution in [3.8, 4) is 22.3 Å². The summed E-state index contributed by atoms with van der Waals surface area (Å²) in [7, 11) is 0. The zero-order chi connectivity index (χ0) is 44.7. The molecular formula is C58H72I2N4. The molecule has 3 aromatic heterocycles. The minimum atomic E-state index is 0.375. The monoisotopic (exact) mass is 1080 g/mol. The van der Waals surface area contributed by atoms with Crippen molar-refractivity contribution in [3.05, 3.63) is 114 Å². The highest BCUT2D eigenvalue weighted by Gasteiger charge is 2.24. The molecule has 8 bridgehead atoms. The van der Waals surface area contributed by atoms with Crippen molar-refractivity contribution in [1.29, 1.82) is 0 Å². The fourth-order valence-electron chi connectivity index (χ4n) is 10.1. The summed E-state index contributed by atoms with van der Waals surface area (Å²) in [6.07, 6.45) is 34.0. The Morgan fingerprint density at radius 1 is 0.375 bits per heavy atom. The molecule has 0 atom stereocenters. The minimum absolute atomic E-state index is 0.375. The second-order valence-electron chi connectivity index (χ2n) is 18.4. The number of H-pyrrole nitrogens is 2. The van der Waals surface area contributed by atoms with Crippen LogP contribution in [0.3, 0.4) is 0 Å². The van der Waals surface area contributed by atoms with Gasteiger partial charge in [-0.2, -0.15) is 0 Å². The van der Waals surface area contributed by atoms with E-state index in [2.05, 4.69) is 180 Å². The average Bonchev–Trinajstić information content (AvgIpc) is 4.16. The lowest BCUT2D eigenvalue weighted by atomic mass is 9.86. The molecule has 5 heterocycles. The number of benzene rings is 2. The van der Waals surface area contributed by atoms with Gasteiger partial charge in [0.15, 0.2) is 0 Å². The molecule has 0 aliphatic carbocycles. The molecule has 0 spiro atoms. The van der Waals surface area contributed by atoms with Crippen LogP contribution >= 0.6 is 45.2 Å². The molecule has 64 heavy (non-hydrogen) atoms. The zero-order valence-corrected chi connectivity index (χ0v) is 43.5. The van der Waals surface area contributed by atoms with E-state index in [1.54, 1.807) is 0 Å². The molecule has 5 aromatic rings. The maximum Gasteiger partial charge on any atom is 0.0737 e. The Morgan fingerprint density at radius 3 is 1.06 bits per heavy atom. The van der Waals surface area contributed by atoms with Gasteiger partial charge in [-0.15, -0.1) is 0 Å². The van der Waals surface area contributed by atoms with E-state index in [1.165, 1.54) is 156 Å². The average molecular weight is 1080 g/mol. The number of nitrogens with one attached hydrogen (secondary N) is 2. The van der Waals surface area contributed by atoms with Crippen molar-refractivity contribution in [2.24, 2.45) is 0 Å². The van der Waals surface area contributed by atoms with Gasteiger partial charge in [0.25, 0.3) is 0 Å². The third kappa shape index (κ3) is 12.5. The lowest BCUT2D eigenvalue weighted by Gasteiger charge is -2.19. The first-order valence-electron chi connectivity index (χ1n) is 25.1. The van der Waals surface area contributed by atoms with Crippen LogP contribution in [0.25, 0.3) is 68.6 Å². The van der Waals surface area contributed by atoms with Crippen LogP contribution in [0.15, 0.2) is 72.8 Å². The number of halogens is 2. The second-order valence-corrected chi connectivity index (χ2v) is 20.9. The number of aromatic nitrogens is 4. The van der Waals surface area contributed by atoms with Crippen LogP contribution in [0, 0.1) is 7.14 Å². The van der Waals surface area contributed by atoms with Crippen molar-refractivity contribution >= 4 is 91.6 Å². The Kier molecular flexibility index (Phi) is 18.8. The van der Waals surface area contributed by atoms with Gasteiger partial charge in [-0.3, -0.25) is 0 Å². The standard InChI is InChI=1S/C58H72I2N4/c1-5-9-13-17-21-41(22-18-14-10-6-2)55-47-33-37-51(61-47)57(43-25-29-45(59)30-26-43)53-39-35-49(63-53)56(42(23-19-15-11-7-3)24-20-16-12-8-4)50-36-40-54(64-50)58(52-38-34-48(55)62-52)44-27-31-46(60)32-28-44/h25-42,61-62H,5-24H2,1-4H3. The molecule has 0 saturated carbocycles. The molecule has 0 radical (unpaired) electrons. The largest absolute Gasteiger partial charge is 0.355 e. The normalized spacial score (nSPS) is 12.4. The van der Waals surface area contributed by atoms with Crippen molar-refractivity contribution in [3.63, 3.8) is 0 Å². The first kappa shape index (κ1) is 48.4. The molecule has 2 N–H and O–H groups in total. The molecule has 0 saturated heterocycles. The number of rotatable bonds is 24. The molecule has 0 unspecified atom stereocenters. The van der Waals surface area contributed by atoms with Gasteiger partial charge < -0.3 is 9.97 Å². The number of unbranched alkanes of at least 4 members (excludes halogenated alkanes) is 12. The van der Waals surface area contributed by atoms with E-state index in [0.29, 0.717) is 11.8 Å². The Morgan fingerprint density at radius 2 is 0.703 bits per heavy atom. The van der Waals surface area contributed by atoms with Crippen LogP contribution in [0.2, 0.25) is 0 Å². The molecule has 6 heteroatoms. The predicted octanol–water partition coefficient (Wildman–Crippen LogP) is 19.2. The van der Waals surface area contributed by atoms with Crippen LogP contribution in [0.5, 0.6) is 0 Å². The third-order valence-corrected chi connectivity index (χ3v) is 15.0. The summed E-state index contributed by atoms with van der Waals surface area (Å²) in [5, 5.41) is 0. The van der Waals surface area contributed by atoms with Gasteiger partial charge in [-0.25, -0.2) is 9.97 Å². The molecule has 2 aliphatic heterocycles.